The molecule has 258 valence electrons. The van der Waals surface area contributed by atoms with Gasteiger partial charge in [-0.15, -0.1) is 0 Å². The van der Waals surface area contributed by atoms with Crippen molar-refractivity contribution in [2.45, 2.75) is 239 Å². The lowest BCUT2D eigenvalue weighted by atomic mass is 9.99. The molecule has 0 saturated carbocycles. The molecule has 1 unspecified atom stereocenters. The van der Waals surface area contributed by atoms with E-state index >= 15 is 0 Å². The van der Waals surface area contributed by atoms with E-state index < -0.39 is 0 Å². The Morgan fingerprint density at radius 3 is 1.09 bits per heavy atom. The predicted octanol–water partition coefficient (Wildman–Crippen LogP) is 13.4. The van der Waals surface area contributed by atoms with Crippen LogP contribution in [0, 0.1) is 0 Å². The van der Waals surface area contributed by atoms with Gasteiger partial charge in [-0.25, -0.2) is 0 Å². The van der Waals surface area contributed by atoms with Gasteiger partial charge >= 0.3 is 5.97 Å². The van der Waals surface area contributed by atoms with Crippen LogP contribution in [0.25, 0.3) is 0 Å². The molecule has 0 spiro atoms. The van der Waals surface area contributed by atoms with Crippen molar-refractivity contribution in [1.82, 2.24) is 5.32 Å². The van der Waals surface area contributed by atoms with Crippen LogP contribution in [-0.4, -0.2) is 25.2 Å². The number of rotatable bonds is 37. The Kier molecular flexibility index (Phi) is 37.1. The highest BCUT2D eigenvalue weighted by Crippen LogP contribution is 2.17. The van der Waals surface area contributed by atoms with Crippen molar-refractivity contribution in [3.05, 3.63) is 0 Å². The van der Waals surface area contributed by atoms with Crippen LogP contribution < -0.4 is 5.32 Å². The lowest BCUT2D eigenvalue weighted by molar-refractivity contribution is -0.143. The predicted molar refractivity (Wildman–Crippen MR) is 192 cm³/mol. The molecule has 3 heteroatoms. The van der Waals surface area contributed by atoms with Crippen molar-refractivity contribution in [3.8, 4) is 0 Å². The Labute approximate surface area is 272 Å². The molecule has 1 N–H and O–H groups in total. The van der Waals surface area contributed by atoms with Gasteiger partial charge < -0.3 is 10.1 Å². The van der Waals surface area contributed by atoms with Crippen molar-refractivity contribution >= 4 is 5.97 Å². The summed E-state index contributed by atoms with van der Waals surface area (Å²) in [5, 5.41) is 3.77. The maximum atomic E-state index is 12.1. The lowest BCUT2D eigenvalue weighted by Crippen LogP contribution is -2.32. The standard InChI is InChI=1S/C40H81NO2/c1-4-7-10-13-16-18-20-21-22-23-25-27-29-32-35-39(34-31-28-26-24-19-17-14-11-8-5-2)41-37-38-43-40(42)36-33-30-15-12-9-6-3/h39,41H,4-38H2,1-3H3. The fourth-order valence-electron chi connectivity index (χ4n) is 6.36. The molecule has 0 aliphatic carbocycles. The molecule has 0 bridgehead atoms. The van der Waals surface area contributed by atoms with Crippen LogP contribution in [0.4, 0.5) is 0 Å². The molecule has 43 heavy (non-hydrogen) atoms. The van der Waals surface area contributed by atoms with Crippen LogP contribution in [-0.2, 0) is 9.53 Å². The Bertz CT molecular complexity index is 523. The van der Waals surface area contributed by atoms with Crippen LogP contribution in [0.15, 0.2) is 0 Å². The number of hydrogen-bond acceptors (Lipinski definition) is 3. The zero-order valence-electron chi connectivity index (χ0n) is 30.1. The molecule has 0 aromatic rings. The minimum atomic E-state index is -0.00416. The summed E-state index contributed by atoms with van der Waals surface area (Å²) in [4.78, 5) is 12.1. The second-order valence-corrected chi connectivity index (χ2v) is 13.7. The topological polar surface area (TPSA) is 38.3 Å². The van der Waals surface area contributed by atoms with Crippen molar-refractivity contribution in [3.63, 3.8) is 0 Å². The van der Waals surface area contributed by atoms with E-state index in [1.54, 1.807) is 0 Å². The molecular formula is C40H81NO2. The van der Waals surface area contributed by atoms with E-state index in [2.05, 4.69) is 26.1 Å². The van der Waals surface area contributed by atoms with E-state index in [1.165, 1.54) is 193 Å². The third kappa shape index (κ3) is 35.8. The van der Waals surface area contributed by atoms with Crippen molar-refractivity contribution in [2.24, 2.45) is 0 Å². The van der Waals surface area contributed by atoms with Gasteiger partial charge in [0.15, 0.2) is 0 Å². The van der Waals surface area contributed by atoms with Gasteiger partial charge in [0.05, 0.1) is 0 Å². The maximum absolute atomic E-state index is 12.1. The molecule has 0 aliphatic rings. The van der Waals surface area contributed by atoms with Gasteiger partial charge in [0.25, 0.3) is 0 Å². The number of esters is 1. The van der Waals surface area contributed by atoms with E-state index in [9.17, 15) is 4.79 Å². The van der Waals surface area contributed by atoms with Gasteiger partial charge in [-0.1, -0.05) is 207 Å². The fraction of sp³-hybridized carbons (Fsp3) is 0.975. The zero-order chi connectivity index (χ0) is 31.3. The summed E-state index contributed by atoms with van der Waals surface area (Å²) in [6.07, 6.45) is 44.3. The average Bonchev–Trinajstić information content (AvgIpc) is 3.01. The third-order valence-corrected chi connectivity index (χ3v) is 9.34. The van der Waals surface area contributed by atoms with E-state index in [0.29, 0.717) is 19.1 Å². The van der Waals surface area contributed by atoms with Crippen LogP contribution in [0.5, 0.6) is 0 Å². The Hall–Kier alpha value is -0.570. The number of nitrogens with one attached hydrogen (secondary N) is 1. The molecule has 0 aromatic carbocycles. The maximum Gasteiger partial charge on any atom is 0.305 e. The van der Waals surface area contributed by atoms with E-state index in [4.69, 9.17) is 4.74 Å². The molecular weight excluding hydrogens is 526 g/mol. The first-order valence-corrected chi connectivity index (χ1v) is 20.1. The third-order valence-electron chi connectivity index (χ3n) is 9.34. The van der Waals surface area contributed by atoms with E-state index in [1.807, 2.05) is 0 Å². The van der Waals surface area contributed by atoms with Crippen LogP contribution in [0.2, 0.25) is 0 Å². The summed E-state index contributed by atoms with van der Waals surface area (Å²) >= 11 is 0. The number of unbranched alkanes of at least 4 members (excludes halogenated alkanes) is 27. The highest BCUT2D eigenvalue weighted by atomic mass is 16.5. The molecule has 0 rings (SSSR count). The van der Waals surface area contributed by atoms with Crippen LogP contribution in [0.3, 0.4) is 0 Å². The van der Waals surface area contributed by atoms with Crippen LogP contribution in [0.1, 0.15) is 233 Å². The van der Waals surface area contributed by atoms with Gasteiger partial charge in [-0.3, -0.25) is 4.79 Å². The summed E-state index contributed by atoms with van der Waals surface area (Å²) in [6.45, 7) is 8.18. The van der Waals surface area contributed by atoms with E-state index in [0.717, 1.165) is 19.4 Å². The Morgan fingerprint density at radius 2 is 0.744 bits per heavy atom. The zero-order valence-corrected chi connectivity index (χ0v) is 30.1. The Balaban J connectivity index is 3.99. The smallest absolute Gasteiger partial charge is 0.305 e. The molecule has 0 amide bonds. The normalized spacial score (nSPS) is 12.2. The molecule has 1 atom stereocenters. The Morgan fingerprint density at radius 1 is 0.442 bits per heavy atom. The van der Waals surface area contributed by atoms with Crippen LogP contribution >= 0.6 is 0 Å². The lowest BCUT2D eigenvalue weighted by Gasteiger charge is -2.19. The molecule has 0 saturated heterocycles. The van der Waals surface area contributed by atoms with Crippen molar-refractivity contribution in [1.29, 1.82) is 0 Å². The monoisotopic (exact) mass is 608 g/mol. The second-order valence-electron chi connectivity index (χ2n) is 13.7. The molecule has 0 heterocycles. The first-order chi connectivity index (χ1) is 21.2. The second kappa shape index (κ2) is 37.6. The number of hydrogen-bond donors (Lipinski definition) is 1. The van der Waals surface area contributed by atoms with Gasteiger partial charge in [-0.05, 0) is 19.3 Å². The summed E-state index contributed by atoms with van der Waals surface area (Å²) in [7, 11) is 0. The molecule has 0 radical (unpaired) electrons. The molecule has 3 nitrogen and oxygen atoms in total. The number of carbonyl (C=O) groups is 1. The van der Waals surface area contributed by atoms with Gasteiger partial charge in [0.1, 0.15) is 6.61 Å². The van der Waals surface area contributed by atoms with E-state index in [-0.39, 0.29) is 5.97 Å². The van der Waals surface area contributed by atoms with Gasteiger partial charge in [0.2, 0.25) is 0 Å². The number of ether oxygens (including phenoxy) is 1. The minimum absolute atomic E-state index is 0.00416. The quantitative estimate of drug-likeness (QED) is 0.0564. The van der Waals surface area contributed by atoms with Gasteiger partial charge in [-0.2, -0.15) is 0 Å². The fourth-order valence-corrected chi connectivity index (χ4v) is 6.36. The first-order valence-electron chi connectivity index (χ1n) is 20.1. The first kappa shape index (κ1) is 42.4. The van der Waals surface area contributed by atoms with Gasteiger partial charge in [0, 0.05) is 19.0 Å². The van der Waals surface area contributed by atoms with Crippen molar-refractivity contribution in [2.75, 3.05) is 13.2 Å². The summed E-state index contributed by atoms with van der Waals surface area (Å²) in [5.74, 6) is -0.00416. The molecule has 0 aromatic heterocycles. The minimum Gasteiger partial charge on any atom is -0.464 e. The highest BCUT2D eigenvalue weighted by Gasteiger charge is 2.09. The van der Waals surface area contributed by atoms with Crippen molar-refractivity contribution < 1.29 is 9.53 Å². The molecule has 0 fully saturated rings. The summed E-state index contributed by atoms with van der Waals surface area (Å²) < 4.78 is 5.55. The summed E-state index contributed by atoms with van der Waals surface area (Å²) in [6, 6.07) is 0.587. The number of carbonyl (C=O) groups excluding carboxylic acids is 1. The SMILES string of the molecule is CCCCCCCCCCCCCCCCC(CCCCCCCCCCCC)NCCOC(=O)CCCCCCCC. The molecule has 0 aliphatic heterocycles. The average molecular weight is 608 g/mol. The summed E-state index contributed by atoms with van der Waals surface area (Å²) in [5.41, 5.74) is 0. The highest BCUT2D eigenvalue weighted by molar-refractivity contribution is 5.69. The largest absolute Gasteiger partial charge is 0.464 e.